The van der Waals surface area contributed by atoms with Crippen LogP contribution in [0.2, 0.25) is 0 Å². The van der Waals surface area contributed by atoms with Gasteiger partial charge in [0.2, 0.25) is 0 Å². The molecule has 0 saturated carbocycles. The predicted octanol–water partition coefficient (Wildman–Crippen LogP) is 0.491. The molecule has 0 aromatic carbocycles. The first-order chi connectivity index (χ1) is 6.29. The van der Waals surface area contributed by atoms with Crippen LogP contribution in [0.5, 0.6) is 0 Å². The normalized spacial score (nSPS) is 17.9. The molecule has 2 amide bonds. The van der Waals surface area contributed by atoms with E-state index in [4.69, 9.17) is 0 Å². The van der Waals surface area contributed by atoms with E-state index < -0.39 is 0 Å². The van der Waals surface area contributed by atoms with E-state index in [9.17, 15) is 9.59 Å². The number of imide groups is 1. The highest BCUT2D eigenvalue weighted by atomic mass is 16.2. The third-order valence-corrected chi connectivity index (χ3v) is 1.92. The molecule has 1 aliphatic heterocycles. The van der Waals surface area contributed by atoms with Crippen LogP contribution in [-0.2, 0) is 9.59 Å². The van der Waals surface area contributed by atoms with Crippen molar-refractivity contribution in [1.29, 1.82) is 0 Å². The molecule has 0 saturated heterocycles. The Hall–Kier alpha value is -1.42. The molecule has 0 spiro atoms. The van der Waals surface area contributed by atoms with Gasteiger partial charge in [-0.15, -0.1) is 0 Å². The van der Waals surface area contributed by atoms with Gasteiger partial charge in [-0.25, -0.2) is 0 Å². The van der Waals surface area contributed by atoms with E-state index in [2.05, 4.69) is 5.32 Å². The lowest BCUT2D eigenvalue weighted by atomic mass is 10.00. The molecule has 2 aliphatic rings. The van der Waals surface area contributed by atoms with Crippen LogP contribution >= 0.6 is 0 Å². The fourth-order valence-electron chi connectivity index (χ4n) is 1.36. The van der Waals surface area contributed by atoms with Gasteiger partial charge in [0.1, 0.15) is 0 Å². The van der Waals surface area contributed by atoms with Crippen LogP contribution in [0, 0.1) is 0 Å². The van der Waals surface area contributed by atoms with Crippen LogP contribution in [0.25, 0.3) is 0 Å². The fourth-order valence-corrected chi connectivity index (χ4v) is 1.36. The molecular weight excluding hydrogens is 182 g/mol. The van der Waals surface area contributed by atoms with E-state index in [1.807, 2.05) is 19.9 Å². The van der Waals surface area contributed by atoms with Crippen molar-refractivity contribution in [2.75, 3.05) is 0 Å². The largest absolute Gasteiger partial charge is 0.412 e. The van der Waals surface area contributed by atoms with E-state index in [0.29, 0.717) is 17.6 Å². The van der Waals surface area contributed by atoms with Gasteiger partial charge in [0.15, 0.2) is 0 Å². The summed E-state index contributed by atoms with van der Waals surface area (Å²) < 4.78 is 0. The minimum Gasteiger partial charge on any atom is -0.412 e. The lowest BCUT2D eigenvalue weighted by Gasteiger charge is -2.01. The van der Waals surface area contributed by atoms with Crippen molar-refractivity contribution in [3.8, 4) is 0 Å². The Morgan fingerprint density at radius 1 is 1.21 bits per heavy atom. The minimum atomic E-state index is -0.249. The summed E-state index contributed by atoms with van der Waals surface area (Å²) in [5.41, 5.74) is 1.21. The average Bonchev–Trinajstić information content (AvgIpc) is 2.47. The molecule has 0 atom stereocenters. The summed E-state index contributed by atoms with van der Waals surface area (Å²) in [4.78, 5) is 22.0. The van der Waals surface area contributed by atoms with E-state index in [1.165, 1.54) is 0 Å². The lowest BCUT2D eigenvalue weighted by molar-refractivity contribution is -0.124. The molecular formula is C10H15NO3. The van der Waals surface area contributed by atoms with Crippen LogP contribution in [0.15, 0.2) is 23.3 Å². The summed E-state index contributed by atoms with van der Waals surface area (Å²) in [6, 6.07) is 0. The molecule has 4 nitrogen and oxygen atoms in total. The molecule has 0 fully saturated rings. The quantitative estimate of drug-likeness (QED) is 0.574. The number of hydrogen-bond acceptors (Lipinski definition) is 2. The van der Waals surface area contributed by atoms with E-state index >= 15 is 0 Å². The standard InChI is InChI=1S/C8H7NO2.C2H6.H2O/c10-7-5-3-1-2-4-6(5)8(11)9-7;1-2;/h1,3H,2,4H2,(H,9,10,11);1-2H3;1H2. The highest BCUT2D eigenvalue weighted by molar-refractivity contribution is 6.20. The van der Waals surface area contributed by atoms with Gasteiger partial charge in [-0.1, -0.05) is 26.0 Å². The van der Waals surface area contributed by atoms with Gasteiger partial charge in [-0.3, -0.25) is 14.9 Å². The molecule has 4 heteroatoms. The van der Waals surface area contributed by atoms with E-state index in [0.717, 1.165) is 6.42 Å². The van der Waals surface area contributed by atoms with Gasteiger partial charge in [0.25, 0.3) is 11.8 Å². The Balaban J connectivity index is 0.000000531. The summed E-state index contributed by atoms with van der Waals surface area (Å²) in [7, 11) is 0. The van der Waals surface area contributed by atoms with Gasteiger partial charge in [-0.2, -0.15) is 0 Å². The van der Waals surface area contributed by atoms with Crippen molar-refractivity contribution >= 4 is 11.8 Å². The highest BCUT2D eigenvalue weighted by Crippen LogP contribution is 2.22. The monoisotopic (exact) mass is 197 g/mol. The first kappa shape index (κ1) is 12.6. The van der Waals surface area contributed by atoms with Gasteiger partial charge in [-0.05, 0) is 12.8 Å². The number of hydrogen-bond donors (Lipinski definition) is 1. The Kier molecular flexibility index (Phi) is 4.80. The van der Waals surface area contributed by atoms with E-state index in [1.54, 1.807) is 6.08 Å². The van der Waals surface area contributed by atoms with Gasteiger partial charge in [0, 0.05) is 11.1 Å². The van der Waals surface area contributed by atoms with Crippen molar-refractivity contribution in [3.05, 3.63) is 23.3 Å². The number of nitrogens with one attached hydrogen (secondary N) is 1. The average molecular weight is 197 g/mol. The summed E-state index contributed by atoms with van der Waals surface area (Å²) in [6.07, 6.45) is 5.19. The van der Waals surface area contributed by atoms with Crippen LogP contribution in [0.3, 0.4) is 0 Å². The van der Waals surface area contributed by atoms with Gasteiger partial charge in [0.05, 0.1) is 0 Å². The fraction of sp³-hybridized carbons (Fsp3) is 0.400. The molecule has 14 heavy (non-hydrogen) atoms. The molecule has 1 aliphatic carbocycles. The first-order valence-corrected chi connectivity index (χ1v) is 4.54. The van der Waals surface area contributed by atoms with Crippen LogP contribution in [0.4, 0.5) is 0 Å². The lowest BCUT2D eigenvalue weighted by Crippen LogP contribution is -2.22. The molecule has 78 valence electrons. The number of carbonyl (C=O) groups is 2. The molecule has 0 radical (unpaired) electrons. The molecule has 1 heterocycles. The summed E-state index contributed by atoms with van der Waals surface area (Å²) >= 11 is 0. The topological polar surface area (TPSA) is 77.7 Å². The van der Waals surface area contributed by atoms with Crippen LogP contribution < -0.4 is 5.32 Å². The molecule has 0 aromatic heterocycles. The van der Waals surface area contributed by atoms with Gasteiger partial charge >= 0.3 is 0 Å². The van der Waals surface area contributed by atoms with Crippen molar-refractivity contribution in [2.45, 2.75) is 26.7 Å². The summed E-state index contributed by atoms with van der Waals surface area (Å²) in [5.74, 6) is -0.463. The highest BCUT2D eigenvalue weighted by Gasteiger charge is 2.28. The zero-order chi connectivity index (χ0) is 9.84. The number of carbonyl (C=O) groups excluding carboxylic acids is 2. The van der Waals surface area contributed by atoms with Crippen molar-refractivity contribution in [2.24, 2.45) is 0 Å². The Labute approximate surface area is 83.0 Å². The number of amides is 2. The molecule has 0 aromatic rings. The smallest absolute Gasteiger partial charge is 0.258 e. The number of rotatable bonds is 0. The Morgan fingerprint density at radius 3 is 2.43 bits per heavy atom. The Bertz CT molecular complexity index is 302. The zero-order valence-corrected chi connectivity index (χ0v) is 8.39. The second-order valence-corrected chi connectivity index (χ2v) is 2.62. The van der Waals surface area contributed by atoms with Gasteiger partial charge < -0.3 is 5.48 Å². The predicted molar refractivity (Wildman–Crippen MR) is 53.5 cm³/mol. The summed E-state index contributed by atoms with van der Waals surface area (Å²) in [5, 5.41) is 2.26. The summed E-state index contributed by atoms with van der Waals surface area (Å²) in [6.45, 7) is 4.00. The second kappa shape index (κ2) is 5.34. The molecule has 3 N–H and O–H groups in total. The Morgan fingerprint density at radius 2 is 1.86 bits per heavy atom. The minimum absolute atomic E-state index is 0. The maximum atomic E-state index is 11.0. The molecule has 0 bridgehead atoms. The van der Waals surface area contributed by atoms with Crippen LogP contribution in [0.1, 0.15) is 26.7 Å². The SMILES string of the molecule is CC.O.O=C1NC(=O)C2=C1C=CCC2. The van der Waals surface area contributed by atoms with Crippen LogP contribution in [-0.4, -0.2) is 17.3 Å². The van der Waals surface area contributed by atoms with E-state index in [-0.39, 0.29) is 17.3 Å². The van der Waals surface area contributed by atoms with Crippen molar-refractivity contribution in [3.63, 3.8) is 0 Å². The third kappa shape index (κ3) is 2.09. The molecule has 0 unspecified atom stereocenters. The van der Waals surface area contributed by atoms with Crippen molar-refractivity contribution in [1.82, 2.24) is 5.32 Å². The maximum Gasteiger partial charge on any atom is 0.258 e. The second-order valence-electron chi connectivity index (χ2n) is 2.62. The molecule has 2 rings (SSSR count). The third-order valence-electron chi connectivity index (χ3n) is 1.92. The van der Waals surface area contributed by atoms with Crippen molar-refractivity contribution < 1.29 is 15.1 Å². The zero-order valence-electron chi connectivity index (χ0n) is 8.39. The number of allylic oxidation sites excluding steroid dienone is 1. The first-order valence-electron chi connectivity index (χ1n) is 4.54. The maximum absolute atomic E-state index is 11.0.